The van der Waals surface area contributed by atoms with E-state index in [0.717, 1.165) is 6.42 Å². The van der Waals surface area contributed by atoms with Crippen LogP contribution in [0.1, 0.15) is 151 Å². The highest BCUT2D eigenvalue weighted by Crippen LogP contribution is 2.23. The minimum atomic E-state index is -1.44. The second-order valence-electron chi connectivity index (χ2n) is 21.9. The molecule has 0 unspecified atom stereocenters. The van der Waals surface area contributed by atoms with Crippen LogP contribution in [0.3, 0.4) is 0 Å². The second-order valence-corrected chi connectivity index (χ2v) is 21.9. The number of unbranched alkanes of at least 4 members (excludes halogenated alkanes) is 2. The Balaban J connectivity index is 1.73. The van der Waals surface area contributed by atoms with Crippen LogP contribution in [0.4, 0.5) is 0 Å². The Labute approximate surface area is 469 Å². The van der Waals surface area contributed by atoms with Crippen LogP contribution >= 0.6 is 0 Å². The highest BCUT2D eigenvalue weighted by atomic mass is 16.4. The summed E-state index contributed by atoms with van der Waals surface area (Å²) in [4.78, 5) is 164. The Morgan fingerprint density at radius 1 is 0.537 bits per heavy atom. The van der Waals surface area contributed by atoms with Gasteiger partial charge in [-0.1, -0.05) is 34.1 Å². The topological polar surface area (TPSA) is 418 Å². The van der Waals surface area contributed by atoms with Crippen molar-refractivity contribution in [2.75, 3.05) is 32.7 Å². The third-order valence-corrected chi connectivity index (χ3v) is 14.9. The molecule has 16 N–H and O–H groups in total. The molecule has 3 fully saturated rings. The average Bonchev–Trinajstić information content (AvgIpc) is 4.24. The van der Waals surface area contributed by atoms with Crippen LogP contribution in [0.2, 0.25) is 0 Å². The molecule has 3 aliphatic rings. The van der Waals surface area contributed by atoms with Crippen LogP contribution < -0.4 is 65.1 Å². The number of carbonyl (C=O) groups is 12. The Kier molecular flexibility index (Phi) is 28.8. The van der Waals surface area contributed by atoms with E-state index in [1.165, 1.54) is 30.6 Å². The minimum absolute atomic E-state index is 0.0858. The summed E-state index contributed by atoms with van der Waals surface area (Å²) in [6.45, 7) is 13.0. The number of nitrogens with one attached hydrogen (secondary N) is 9. The van der Waals surface area contributed by atoms with Crippen molar-refractivity contribution in [3.05, 3.63) is 0 Å². The van der Waals surface area contributed by atoms with Gasteiger partial charge in [-0.25, -0.2) is 4.79 Å². The van der Waals surface area contributed by atoms with Gasteiger partial charge in [-0.05, 0) is 142 Å². The zero-order valence-electron chi connectivity index (χ0n) is 47.8. The summed E-state index contributed by atoms with van der Waals surface area (Å²) in [5, 5.41) is 34.1. The van der Waals surface area contributed by atoms with Gasteiger partial charge in [0.05, 0.1) is 6.04 Å². The fourth-order valence-electron chi connectivity index (χ4n) is 9.94. The largest absolute Gasteiger partial charge is 0.480 e. The number of carbonyl (C=O) groups excluding carboxylic acids is 11. The molecule has 3 heterocycles. The predicted octanol–water partition coefficient (Wildman–Crippen LogP) is -2.64. The van der Waals surface area contributed by atoms with Gasteiger partial charge in [-0.15, -0.1) is 0 Å². The quantitative estimate of drug-likeness (QED) is 0.0293. The van der Waals surface area contributed by atoms with Crippen molar-refractivity contribution in [1.29, 1.82) is 0 Å². The molecule has 27 nitrogen and oxygen atoms in total. The maximum Gasteiger partial charge on any atom is 0.326 e. The Bertz CT molecular complexity index is 2160. The number of carboxylic acid groups (broad SMARTS) is 1. The first-order valence-electron chi connectivity index (χ1n) is 28.5. The van der Waals surface area contributed by atoms with Crippen molar-refractivity contribution in [3.8, 4) is 0 Å². The Morgan fingerprint density at radius 2 is 1.01 bits per heavy atom. The average molecular weight is 1130 g/mol. The lowest BCUT2D eigenvalue weighted by molar-refractivity contribution is -0.144. The molecule has 80 heavy (non-hydrogen) atoms. The van der Waals surface area contributed by atoms with Gasteiger partial charge >= 0.3 is 5.97 Å². The van der Waals surface area contributed by atoms with Crippen LogP contribution in [-0.2, 0) is 57.5 Å². The Hall–Kier alpha value is -6.48. The number of likely N-dealkylation sites (tertiary alicyclic amines) is 2. The summed E-state index contributed by atoms with van der Waals surface area (Å²) in [6.07, 6.45) is 4.79. The van der Waals surface area contributed by atoms with Crippen molar-refractivity contribution in [1.82, 2.24) is 57.7 Å². The maximum absolute atomic E-state index is 14.5. The van der Waals surface area contributed by atoms with E-state index in [-0.39, 0.29) is 69.9 Å². The Morgan fingerprint density at radius 3 is 1.51 bits per heavy atom. The van der Waals surface area contributed by atoms with E-state index in [0.29, 0.717) is 71.0 Å². The number of hydrogen-bond acceptors (Lipinski definition) is 15. The number of hydrogen-bond donors (Lipinski definition) is 13. The van der Waals surface area contributed by atoms with E-state index in [1.807, 2.05) is 13.8 Å². The lowest BCUT2D eigenvalue weighted by Crippen LogP contribution is -2.60. The summed E-state index contributed by atoms with van der Waals surface area (Å²) in [5.74, 6) is -9.15. The van der Waals surface area contributed by atoms with Crippen LogP contribution in [0.15, 0.2) is 0 Å². The molecule has 0 aliphatic carbocycles. The van der Waals surface area contributed by atoms with Crippen LogP contribution in [0.25, 0.3) is 0 Å². The highest BCUT2D eigenvalue weighted by Gasteiger charge is 2.42. The first-order valence-corrected chi connectivity index (χ1v) is 28.5. The number of aliphatic carboxylic acids is 1. The van der Waals surface area contributed by atoms with Gasteiger partial charge in [0.2, 0.25) is 65.0 Å². The molecule has 3 rings (SSSR count). The van der Waals surface area contributed by atoms with Crippen LogP contribution in [0, 0.1) is 11.8 Å². The zero-order valence-corrected chi connectivity index (χ0v) is 47.8. The third-order valence-electron chi connectivity index (χ3n) is 14.9. The molecule has 12 atom stereocenters. The van der Waals surface area contributed by atoms with Crippen LogP contribution in [0.5, 0.6) is 0 Å². The van der Waals surface area contributed by atoms with Crippen molar-refractivity contribution in [2.45, 2.75) is 218 Å². The van der Waals surface area contributed by atoms with Crippen molar-refractivity contribution in [2.24, 2.45) is 29.0 Å². The summed E-state index contributed by atoms with van der Waals surface area (Å²) < 4.78 is 0. The number of nitrogens with zero attached hydrogens (tertiary/aromatic N) is 2. The standard InChI is InChI=1S/C53H92N14O13/c1-8-30(4)42(53(79)80)65-48(74)36(17-10-12-24-55)62-46(72)35(16-9-11-23-54)63-50(76)40-20-15-27-67(40)52(78)38(28-29(2)3)64-47(73)37(21-22-41(56)68)61-44(70)32(6)59-49(75)39-19-14-26-66(39)51(77)33(7)60-43(69)31(5)58-45(71)34-18-13-25-57-34/h29-40,42,57H,8-28,54-55H2,1-7H3,(H2,56,68)(H,58,71)(H,59,75)(H,60,69)(H,61,70)(H,62,72)(H,63,76)(H,64,73)(H,65,74)(H,79,80)/t30-,31-,32-,33-,34-,35-,36-,37-,38-,39-,40-,42-/m0/s1. The number of primary amides is 1. The highest BCUT2D eigenvalue weighted by molar-refractivity contribution is 5.99. The molecule has 3 saturated heterocycles. The van der Waals surface area contributed by atoms with Gasteiger partial charge < -0.3 is 80.0 Å². The molecule has 3 aliphatic heterocycles. The molecular weight excluding hydrogens is 1040 g/mol. The van der Waals surface area contributed by atoms with Crippen LogP contribution in [-0.4, -0.2) is 185 Å². The van der Waals surface area contributed by atoms with Gasteiger partial charge in [0, 0.05) is 19.5 Å². The summed E-state index contributed by atoms with van der Waals surface area (Å²) in [7, 11) is 0. The lowest BCUT2D eigenvalue weighted by Gasteiger charge is -2.32. The molecule has 0 aromatic heterocycles. The van der Waals surface area contributed by atoms with E-state index in [2.05, 4.69) is 47.9 Å². The molecule has 0 bridgehead atoms. The fraction of sp³-hybridized carbons (Fsp3) is 0.774. The SMILES string of the molecule is CC[C@H](C)[C@H](NC(=O)[C@H](CCCCN)NC(=O)[C@H](CCCCN)NC(=O)[C@@H]1CCCN1C(=O)[C@H](CC(C)C)NC(=O)[C@H](CCC(N)=O)NC(=O)[C@H](C)NC(=O)[C@@H]1CCCN1C(=O)[C@H](C)NC(=O)[C@H](C)NC(=O)[C@@H]1CCCN1)C(=O)O. The number of amides is 11. The molecule has 27 heteroatoms. The van der Waals surface area contributed by atoms with Crippen molar-refractivity contribution in [3.63, 3.8) is 0 Å². The van der Waals surface area contributed by atoms with Gasteiger partial charge in [0.1, 0.15) is 60.4 Å². The third kappa shape index (κ3) is 21.2. The molecule has 11 amide bonds. The molecule has 0 aromatic rings. The monoisotopic (exact) mass is 1130 g/mol. The minimum Gasteiger partial charge on any atom is -0.480 e. The summed E-state index contributed by atoms with van der Waals surface area (Å²) >= 11 is 0. The first-order chi connectivity index (χ1) is 37.8. The van der Waals surface area contributed by atoms with Crippen molar-refractivity contribution < 1.29 is 62.6 Å². The van der Waals surface area contributed by atoms with Gasteiger partial charge in [-0.3, -0.25) is 52.7 Å². The van der Waals surface area contributed by atoms with E-state index in [4.69, 9.17) is 17.2 Å². The molecule has 0 radical (unpaired) electrons. The van der Waals surface area contributed by atoms with E-state index in [9.17, 15) is 62.6 Å². The number of rotatable bonds is 34. The molecule has 0 spiro atoms. The first kappa shape index (κ1) is 67.8. The molecule has 452 valence electrons. The summed E-state index contributed by atoms with van der Waals surface area (Å²) in [6, 6.07) is -12.0. The summed E-state index contributed by atoms with van der Waals surface area (Å²) in [5.41, 5.74) is 16.9. The molecule has 0 saturated carbocycles. The molecular formula is C53H92N14O13. The van der Waals surface area contributed by atoms with Gasteiger partial charge in [0.25, 0.3) is 0 Å². The lowest BCUT2D eigenvalue weighted by atomic mass is 9.98. The van der Waals surface area contributed by atoms with Crippen molar-refractivity contribution >= 4 is 70.9 Å². The van der Waals surface area contributed by atoms with E-state index >= 15 is 0 Å². The van der Waals surface area contributed by atoms with Gasteiger partial charge in [-0.2, -0.15) is 0 Å². The zero-order chi connectivity index (χ0) is 59.8. The second kappa shape index (κ2) is 34.0. The van der Waals surface area contributed by atoms with E-state index in [1.54, 1.807) is 13.8 Å². The number of carboxylic acids is 1. The van der Waals surface area contributed by atoms with Gasteiger partial charge in [0.15, 0.2) is 0 Å². The smallest absolute Gasteiger partial charge is 0.326 e. The predicted molar refractivity (Wildman–Crippen MR) is 294 cm³/mol. The molecule has 0 aromatic carbocycles. The fourth-order valence-corrected chi connectivity index (χ4v) is 9.94. The van der Waals surface area contributed by atoms with E-state index < -0.39 is 137 Å². The maximum atomic E-state index is 14.5. The normalized spacial score (nSPS) is 20.4. The number of nitrogens with two attached hydrogens (primary N) is 3.